The number of allylic oxidation sites excluding steroid dienone is 1. The van der Waals surface area contributed by atoms with Crippen LogP contribution in [0.15, 0.2) is 81.4 Å². The van der Waals surface area contributed by atoms with Crippen molar-refractivity contribution in [2.75, 3.05) is 0 Å². The molecular formula is C25H17IN2OS2. The summed E-state index contributed by atoms with van der Waals surface area (Å²) in [6.45, 7) is 0. The van der Waals surface area contributed by atoms with Gasteiger partial charge in [0.2, 0.25) is 0 Å². The fourth-order valence-corrected chi connectivity index (χ4v) is 6.88. The molecule has 2 aliphatic rings. The van der Waals surface area contributed by atoms with Crippen LogP contribution in [0.1, 0.15) is 34.0 Å². The Morgan fingerprint density at radius 1 is 1.06 bits per heavy atom. The van der Waals surface area contributed by atoms with Gasteiger partial charge in [-0.25, -0.2) is 4.99 Å². The van der Waals surface area contributed by atoms with Crippen LogP contribution < -0.4 is 14.9 Å². The van der Waals surface area contributed by atoms with Crippen molar-refractivity contribution in [3.8, 4) is 0 Å². The van der Waals surface area contributed by atoms with Crippen molar-refractivity contribution in [2.24, 2.45) is 4.99 Å². The maximum absolute atomic E-state index is 13.6. The molecular weight excluding hydrogens is 535 g/mol. The van der Waals surface area contributed by atoms with Gasteiger partial charge in [0.15, 0.2) is 4.80 Å². The molecule has 0 saturated carbocycles. The van der Waals surface area contributed by atoms with Crippen LogP contribution >= 0.6 is 45.3 Å². The van der Waals surface area contributed by atoms with Crippen molar-refractivity contribution in [1.82, 2.24) is 4.57 Å². The van der Waals surface area contributed by atoms with Gasteiger partial charge in [0, 0.05) is 14.0 Å². The molecule has 0 saturated heterocycles. The van der Waals surface area contributed by atoms with E-state index < -0.39 is 0 Å². The van der Waals surface area contributed by atoms with E-state index in [2.05, 4.69) is 76.5 Å². The second kappa shape index (κ2) is 7.69. The molecule has 0 amide bonds. The molecule has 0 bridgehead atoms. The minimum Gasteiger partial charge on any atom is -0.271 e. The number of hydrogen-bond donors (Lipinski definition) is 0. The fourth-order valence-electron chi connectivity index (χ4n) is 4.47. The molecule has 0 fully saturated rings. The third-order valence-electron chi connectivity index (χ3n) is 5.83. The predicted octanol–water partition coefficient (Wildman–Crippen LogP) is 4.98. The Morgan fingerprint density at radius 2 is 1.97 bits per heavy atom. The lowest BCUT2D eigenvalue weighted by Crippen LogP contribution is -2.38. The minimum absolute atomic E-state index is 0.0476. The lowest BCUT2D eigenvalue weighted by molar-refractivity contribution is 0.593. The quantitative estimate of drug-likeness (QED) is 0.323. The normalized spacial score (nSPS) is 17.7. The van der Waals surface area contributed by atoms with E-state index in [1.807, 2.05) is 22.8 Å². The first-order valence-electron chi connectivity index (χ1n) is 10.1. The molecule has 0 N–H and O–H groups in total. The molecule has 6 heteroatoms. The summed E-state index contributed by atoms with van der Waals surface area (Å²) in [6, 6.07) is 20.9. The number of aryl methyl sites for hydroxylation is 1. The van der Waals surface area contributed by atoms with E-state index in [0.717, 1.165) is 37.0 Å². The molecule has 2 aromatic heterocycles. The first-order chi connectivity index (χ1) is 15.2. The van der Waals surface area contributed by atoms with E-state index >= 15 is 0 Å². The first-order valence-corrected chi connectivity index (χ1v) is 12.9. The maximum atomic E-state index is 13.6. The van der Waals surface area contributed by atoms with Crippen molar-refractivity contribution >= 4 is 57.0 Å². The van der Waals surface area contributed by atoms with Gasteiger partial charge < -0.3 is 0 Å². The van der Waals surface area contributed by atoms with Gasteiger partial charge in [0.05, 0.1) is 16.3 Å². The van der Waals surface area contributed by atoms with E-state index in [-0.39, 0.29) is 11.6 Å². The topological polar surface area (TPSA) is 34.4 Å². The molecule has 4 aromatic rings. The maximum Gasteiger partial charge on any atom is 0.271 e. The molecule has 3 heterocycles. The van der Waals surface area contributed by atoms with Gasteiger partial charge in [0.1, 0.15) is 0 Å². The molecule has 1 aliphatic heterocycles. The number of thiazole rings is 1. The highest BCUT2D eigenvalue weighted by Gasteiger charge is 2.32. The molecule has 6 rings (SSSR count). The van der Waals surface area contributed by atoms with Crippen LogP contribution in [0.3, 0.4) is 0 Å². The van der Waals surface area contributed by atoms with Crippen molar-refractivity contribution in [3.63, 3.8) is 0 Å². The van der Waals surface area contributed by atoms with Gasteiger partial charge in [-0.2, -0.15) is 0 Å². The average Bonchev–Trinajstić information content (AvgIpc) is 3.41. The molecule has 1 atom stereocenters. The van der Waals surface area contributed by atoms with Gasteiger partial charge in [-0.1, -0.05) is 53.8 Å². The van der Waals surface area contributed by atoms with Crippen LogP contribution in [0.5, 0.6) is 0 Å². The summed E-state index contributed by atoms with van der Waals surface area (Å²) in [5, 5.41) is 2.09. The van der Waals surface area contributed by atoms with Crippen molar-refractivity contribution in [1.29, 1.82) is 0 Å². The summed E-state index contributed by atoms with van der Waals surface area (Å²) in [5.74, 6) is 0. The number of aromatic nitrogens is 1. The van der Waals surface area contributed by atoms with Crippen molar-refractivity contribution in [3.05, 3.63) is 116 Å². The highest BCUT2D eigenvalue weighted by Crippen LogP contribution is 2.42. The van der Waals surface area contributed by atoms with E-state index in [4.69, 9.17) is 4.99 Å². The van der Waals surface area contributed by atoms with Crippen LogP contribution in [0.25, 0.3) is 11.8 Å². The van der Waals surface area contributed by atoms with Gasteiger partial charge in [-0.3, -0.25) is 9.36 Å². The number of benzene rings is 2. The van der Waals surface area contributed by atoms with Gasteiger partial charge in [0.25, 0.3) is 5.56 Å². The lowest BCUT2D eigenvalue weighted by atomic mass is 9.85. The summed E-state index contributed by atoms with van der Waals surface area (Å²) < 4.78 is 3.81. The highest BCUT2D eigenvalue weighted by molar-refractivity contribution is 14.1. The molecule has 0 spiro atoms. The summed E-state index contributed by atoms with van der Waals surface area (Å²) in [4.78, 5) is 20.6. The van der Waals surface area contributed by atoms with Gasteiger partial charge in [-0.15, -0.1) is 11.3 Å². The second-order valence-corrected chi connectivity index (χ2v) is 10.9. The number of nitrogens with zero attached hydrogens (tertiary/aromatic N) is 2. The fraction of sp³-hybridized carbons (Fsp3) is 0.120. The Labute approximate surface area is 200 Å². The Bertz CT molecular complexity index is 1530. The van der Waals surface area contributed by atoms with E-state index in [0.29, 0.717) is 0 Å². The lowest BCUT2D eigenvalue weighted by Gasteiger charge is -2.30. The Morgan fingerprint density at radius 3 is 2.81 bits per heavy atom. The van der Waals surface area contributed by atoms with Crippen LogP contribution in [-0.2, 0) is 6.42 Å². The van der Waals surface area contributed by atoms with Gasteiger partial charge in [-0.05, 0) is 81.8 Å². The third-order valence-corrected chi connectivity index (χ3v) is 8.41. The number of halogens is 1. The minimum atomic E-state index is -0.0716. The average molecular weight is 552 g/mol. The number of hydrogen-bond acceptors (Lipinski definition) is 4. The summed E-state index contributed by atoms with van der Waals surface area (Å²) in [5.41, 5.74) is 5.95. The predicted molar refractivity (Wildman–Crippen MR) is 136 cm³/mol. The monoisotopic (exact) mass is 552 g/mol. The second-order valence-electron chi connectivity index (χ2n) is 7.68. The molecule has 0 radical (unpaired) electrons. The zero-order valence-corrected chi connectivity index (χ0v) is 20.2. The van der Waals surface area contributed by atoms with Crippen LogP contribution in [0, 0.1) is 3.57 Å². The number of thiophene rings is 1. The highest BCUT2D eigenvalue weighted by atomic mass is 127. The Kier molecular flexibility index (Phi) is 4.81. The summed E-state index contributed by atoms with van der Waals surface area (Å²) in [6.07, 6.45) is 3.91. The summed E-state index contributed by atoms with van der Waals surface area (Å²) >= 11 is 5.50. The molecule has 3 nitrogen and oxygen atoms in total. The number of fused-ring (bicyclic) bond motifs is 3. The molecule has 31 heavy (non-hydrogen) atoms. The first kappa shape index (κ1) is 19.4. The zero-order valence-electron chi connectivity index (χ0n) is 16.4. The Balaban J connectivity index is 1.63. The molecule has 1 aliphatic carbocycles. The van der Waals surface area contributed by atoms with Crippen molar-refractivity contribution in [2.45, 2.75) is 18.9 Å². The van der Waals surface area contributed by atoms with E-state index in [1.54, 1.807) is 11.3 Å². The molecule has 2 aromatic carbocycles. The van der Waals surface area contributed by atoms with E-state index in [9.17, 15) is 4.79 Å². The van der Waals surface area contributed by atoms with Crippen LogP contribution in [0.4, 0.5) is 0 Å². The largest absolute Gasteiger partial charge is 0.271 e. The summed E-state index contributed by atoms with van der Waals surface area (Å²) in [7, 11) is 0. The molecule has 152 valence electrons. The Hall–Kier alpha value is -2.29. The van der Waals surface area contributed by atoms with Gasteiger partial charge >= 0.3 is 0 Å². The van der Waals surface area contributed by atoms with Crippen LogP contribution in [0.2, 0.25) is 0 Å². The zero-order chi connectivity index (χ0) is 20.9. The SMILES string of the molecule is O=c1/c(=C/c2cccc(I)c2)sc2n1[C@H](c1cccs1)C1=C(N=2)c2ccccc2CC1. The molecule has 0 unspecified atom stereocenters. The van der Waals surface area contributed by atoms with E-state index in [1.165, 1.54) is 32.9 Å². The standard InChI is InChI=1S/C25H17IN2OS2/c26-17-7-3-5-15(13-17)14-21-24(29)28-23(20-9-4-12-30-20)19-11-10-16-6-1-2-8-18(16)22(19)27-25(28)31-21/h1-9,12-14,23H,10-11H2/b21-14-/t23-/m0/s1. The smallest absolute Gasteiger partial charge is 0.271 e. The number of rotatable bonds is 2. The van der Waals surface area contributed by atoms with Crippen LogP contribution in [-0.4, -0.2) is 4.57 Å². The van der Waals surface area contributed by atoms with Crippen molar-refractivity contribution < 1.29 is 0 Å². The third kappa shape index (κ3) is 3.28.